The Morgan fingerprint density at radius 1 is 1.08 bits per heavy atom. The second-order valence-electron chi connectivity index (χ2n) is 10.4. The predicted molar refractivity (Wildman–Crippen MR) is 142 cm³/mol. The van der Waals surface area contributed by atoms with Gasteiger partial charge < -0.3 is 14.6 Å². The monoisotopic (exact) mass is 562 g/mol. The Morgan fingerprint density at radius 2 is 1.82 bits per heavy atom. The summed E-state index contributed by atoms with van der Waals surface area (Å²) in [5.41, 5.74) is 1.70. The van der Waals surface area contributed by atoms with Crippen molar-refractivity contribution in [2.75, 3.05) is 18.6 Å². The molecule has 2 heterocycles. The van der Waals surface area contributed by atoms with Crippen molar-refractivity contribution in [3.8, 4) is 5.75 Å². The lowest BCUT2D eigenvalue weighted by molar-refractivity contribution is -0.137. The van der Waals surface area contributed by atoms with E-state index < -0.39 is 21.8 Å². The Morgan fingerprint density at radius 3 is 2.46 bits per heavy atom. The molecule has 1 aliphatic heterocycles. The first kappa shape index (κ1) is 27.5. The Balaban J connectivity index is 1.53. The zero-order valence-electron chi connectivity index (χ0n) is 21.8. The Hall–Kier alpha value is -3.05. The molecule has 7 nitrogen and oxygen atoms in total. The van der Waals surface area contributed by atoms with Crippen LogP contribution in [0, 0.1) is 5.92 Å². The number of anilines is 1. The summed E-state index contributed by atoms with van der Waals surface area (Å²) in [5.74, 6) is 1.23. The molecule has 210 valence electrons. The van der Waals surface area contributed by atoms with Crippen molar-refractivity contribution in [3.63, 3.8) is 0 Å². The third-order valence-corrected chi connectivity index (χ3v) is 9.72. The smallest absolute Gasteiger partial charge is 0.416 e. The number of imidazole rings is 1. The number of hydrogen-bond acceptors (Lipinski definition) is 5. The van der Waals surface area contributed by atoms with E-state index in [4.69, 9.17) is 4.74 Å². The van der Waals surface area contributed by atoms with Crippen LogP contribution < -0.4 is 9.64 Å². The highest BCUT2D eigenvalue weighted by Crippen LogP contribution is 2.37. The molecule has 0 unspecified atom stereocenters. The van der Waals surface area contributed by atoms with Crippen LogP contribution in [-0.4, -0.2) is 42.4 Å². The number of nitrogens with one attached hydrogen (secondary N) is 1. The molecule has 1 fully saturated rings. The number of H-pyrrole nitrogens is 1. The molecule has 0 spiro atoms. The Kier molecular flexibility index (Phi) is 7.91. The molecule has 1 N–H and O–H groups in total. The highest BCUT2D eigenvalue weighted by atomic mass is 32.2. The van der Waals surface area contributed by atoms with Crippen LogP contribution >= 0.6 is 0 Å². The van der Waals surface area contributed by atoms with Gasteiger partial charge in [-0.05, 0) is 66.8 Å². The number of methoxy groups -OCH3 is 1. The number of sulfonamides is 1. The minimum absolute atomic E-state index is 0.0787. The molecule has 5 rings (SSSR count). The van der Waals surface area contributed by atoms with Gasteiger partial charge in [-0.2, -0.15) is 17.5 Å². The molecule has 0 amide bonds. The maximum absolute atomic E-state index is 13.9. The lowest BCUT2D eigenvalue weighted by Gasteiger charge is -2.34. The molecule has 1 aliphatic carbocycles. The largest absolute Gasteiger partial charge is 0.497 e. The lowest BCUT2D eigenvalue weighted by atomic mass is 9.97. The van der Waals surface area contributed by atoms with E-state index in [2.05, 4.69) is 14.9 Å². The molecular weight excluding hydrogens is 529 g/mol. The number of aromatic nitrogens is 2. The van der Waals surface area contributed by atoms with E-state index in [1.807, 2.05) is 18.2 Å². The minimum Gasteiger partial charge on any atom is -0.497 e. The number of halogens is 3. The summed E-state index contributed by atoms with van der Waals surface area (Å²) < 4.78 is 74.0. The van der Waals surface area contributed by atoms with E-state index in [9.17, 15) is 21.6 Å². The molecule has 3 aromatic rings. The van der Waals surface area contributed by atoms with Crippen LogP contribution in [0.15, 0.2) is 59.9 Å². The second-order valence-corrected chi connectivity index (χ2v) is 12.3. The van der Waals surface area contributed by atoms with Crippen molar-refractivity contribution in [2.45, 2.75) is 68.7 Å². The van der Waals surface area contributed by atoms with E-state index >= 15 is 0 Å². The van der Waals surface area contributed by atoms with Crippen molar-refractivity contribution in [1.29, 1.82) is 0 Å². The van der Waals surface area contributed by atoms with Crippen molar-refractivity contribution in [3.05, 3.63) is 71.8 Å². The molecule has 0 radical (unpaired) electrons. The average Bonchev–Trinajstić information content (AvgIpc) is 3.61. The van der Waals surface area contributed by atoms with E-state index in [0.717, 1.165) is 54.1 Å². The van der Waals surface area contributed by atoms with Crippen LogP contribution in [0.25, 0.3) is 0 Å². The topological polar surface area (TPSA) is 78.5 Å². The summed E-state index contributed by atoms with van der Waals surface area (Å²) in [6.45, 7) is 0.805. The number of ether oxygens (including phenoxy) is 1. The van der Waals surface area contributed by atoms with Crippen LogP contribution in [0.1, 0.15) is 55.3 Å². The first-order chi connectivity index (χ1) is 18.6. The van der Waals surface area contributed by atoms with Crippen LogP contribution in [-0.2, 0) is 29.3 Å². The van der Waals surface area contributed by atoms with E-state index in [1.165, 1.54) is 30.0 Å². The normalized spacial score (nSPS) is 19.2. The predicted octanol–water partition coefficient (Wildman–Crippen LogP) is 5.99. The third-order valence-electron chi connectivity index (χ3n) is 7.90. The minimum atomic E-state index is -4.54. The fourth-order valence-electron chi connectivity index (χ4n) is 5.77. The first-order valence-electron chi connectivity index (χ1n) is 13.2. The fourth-order valence-corrected chi connectivity index (χ4v) is 7.23. The SMILES string of the molecule is COc1ccc2c(c1)CN(S(=O)(=O)c1ccc(C(F)(F)F)cc1)C[C@@H](CCC1CCCC1)N2Cc1cnc[nH]1. The van der Waals surface area contributed by atoms with E-state index in [1.54, 1.807) is 19.6 Å². The van der Waals surface area contributed by atoms with Crippen LogP contribution in [0.4, 0.5) is 18.9 Å². The van der Waals surface area contributed by atoms with Crippen molar-refractivity contribution in [1.82, 2.24) is 14.3 Å². The van der Waals surface area contributed by atoms with Crippen molar-refractivity contribution >= 4 is 15.7 Å². The number of rotatable bonds is 8. The summed E-state index contributed by atoms with van der Waals surface area (Å²) >= 11 is 0. The van der Waals surface area contributed by atoms with Crippen molar-refractivity contribution in [2.24, 2.45) is 5.92 Å². The van der Waals surface area contributed by atoms with Gasteiger partial charge in [0, 0.05) is 31.0 Å². The molecule has 1 aromatic heterocycles. The lowest BCUT2D eigenvalue weighted by Crippen LogP contribution is -2.43. The number of fused-ring (bicyclic) bond motifs is 1. The number of benzene rings is 2. The number of aromatic amines is 1. The molecule has 0 bridgehead atoms. The molecule has 2 aromatic carbocycles. The molecular formula is C28H33F3N4O3S. The van der Waals surface area contributed by atoms with Gasteiger partial charge in [0.2, 0.25) is 10.0 Å². The van der Waals surface area contributed by atoms with Gasteiger partial charge in [-0.15, -0.1) is 0 Å². The van der Waals surface area contributed by atoms with Gasteiger partial charge in [0.1, 0.15) is 5.75 Å². The van der Waals surface area contributed by atoms with Gasteiger partial charge in [-0.1, -0.05) is 25.7 Å². The molecule has 2 aliphatic rings. The fraction of sp³-hybridized carbons (Fsp3) is 0.464. The van der Waals surface area contributed by atoms with Crippen LogP contribution in [0.2, 0.25) is 0 Å². The summed E-state index contributed by atoms with van der Waals surface area (Å²) in [5, 5.41) is 0. The Bertz CT molecular complexity index is 1360. The summed E-state index contributed by atoms with van der Waals surface area (Å²) in [4.78, 5) is 9.40. The average molecular weight is 563 g/mol. The maximum Gasteiger partial charge on any atom is 0.416 e. The maximum atomic E-state index is 13.9. The summed E-state index contributed by atoms with van der Waals surface area (Å²) in [6.07, 6.45) is 5.46. The van der Waals surface area contributed by atoms with Gasteiger partial charge in [-0.25, -0.2) is 13.4 Å². The number of nitrogens with zero attached hydrogens (tertiary/aromatic N) is 3. The first-order valence-corrected chi connectivity index (χ1v) is 14.7. The molecule has 1 saturated carbocycles. The molecule has 1 atom stereocenters. The molecule has 39 heavy (non-hydrogen) atoms. The second kappa shape index (κ2) is 11.2. The van der Waals surface area contributed by atoms with E-state index in [-0.39, 0.29) is 24.0 Å². The molecule has 0 saturated heterocycles. The van der Waals surface area contributed by atoms with Gasteiger partial charge in [-0.3, -0.25) is 0 Å². The van der Waals surface area contributed by atoms with Gasteiger partial charge in [0.25, 0.3) is 0 Å². The van der Waals surface area contributed by atoms with E-state index in [0.29, 0.717) is 18.2 Å². The molecule has 11 heteroatoms. The Labute approximate surface area is 227 Å². The number of alkyl halides is 3. The van der Waals surface area contributed by atoms with Crippen LogP contribution in [0.3, 0.4) is 0 Å². The van der Waals surface area contributed by atoms with Gasteiger partial charge in [0.15, 0.2) is 0 Å². The zero-order valence-corrected chi connectivity index (χ0v) is 22.6. The standard InChI is InChI=1S/C28H33F3N4O3S/c1-38-25-10-13-27-21(14-25)16-34(39(36,37)26-11-7-22(8-12-26)28(29,30)31)18-24(9-6-20-4-2-3-5-20)35(27)17-23-15-32-19-33-23/h7-8,10-15,19-20,24H,2-6,9,16-18H2,1H3,(H,32,33)/t24-/m1/s1. The quantitative estimate of drug-likeness (QED) is 0.365. The van der Waals surface area contributed by atoms with Gasteiger partial charge >= 0.3 is 6.18 Å². The summed E-state index contributed by atoms with van der Waals surface area (Å²) in [7, 11) is -2.53. The van der Waals surface area contributed by atoms with Gasteiger partial charge in [0.05, 0.1) is 36.1 Å². The van der Waals surface area contributed by atoms with Crippen molar-refractivity contribution < 1.29 is 26.3 Å². The third kappa shape index (κ3) is 6.09. The summed E-state index contributed by atoms with van der Waals surface area (Å²) in [6, 6.07) is 9.26. The van der Waals surface area contributed by atoms with Crippen LogP contribution in [0.5, 0.6) is 5.75 Å². The highest BCUT2D eigenvalue weighted by Gasteiger charge is 2.36. The zero-order chi connectivity index (χ0) is 27.6. The highest BCUT2D eigenvalue weighted by molar-refractivity contribution is 7.89. The number of hydrogen-bond donors (Lipinski definition) is 1.